The first-order chi connectivity index (χ1) is 11.8. The highest BCUT2D eigenvalue weighted by Gasteiger charge is 2.13. The molecule has 0 aromatic heterocycles. The number of hydrogen-bond acceptors (Lipinski definition) is 3. The van der Waals surface area contributed by atoms with E-state index in [2.05, 4.69) is 5.32 Å². The van der Waals surface area contributed by atoms with Crippen LogP contribution in [0.2, 0.25) is 0 Å². The fourth-order valence-corrected chi connectivity index (χ4v) is 2.99. The van der Waals surface area contributed by atoms with E-state index in [0.29, 0.717) is 16.9 Å². The van der Waals surface area contributed by atoms with Crippen molar-refractivity contribution in [3.05, 3.63) is 72.3 Å². The van der Waals surface area contributed by atoms with E-state index in [1.54, 1.807) is 24.3 Å². The summed E-state index contributed by atoms with van der Waals surface area (Å²) in [6, 6.07) is 20.1. The van der Waals surface area contributed by atoms with Crippen molar-refractivity contribution in [3.8, 4) is 0 Å². The van der Waals surface area contributed by atoms with Gasteiger partial charge in [0.2, 0.25) is 10.0 Å². The topological polar surface area (TPSA) is 66.5 Å². The van der Waals surface area contributed by atoms with Crippen LogP contribution >= 0.6 is 0 Å². The molecule has 0 aliphatic heterocycles. The van der Waals surface area contributed by atoms with E-state index >= 15 is 0 Å². The van der Waals surface area contributed by atoms with Crippen LogP contribution in [0.1, 0.15) is 10.4 Å². The van der Waals surface area contributed by atoms with Gasteiger partial charge in [-0.25, -0.2) is 8.42 Å². The smallest absolute Gasteiger partial charge is 0.255 e. The predicted molar refractivity (Wildman–Crippen MR) is 102 cm³/mol. The van der Waals surface area contributed by atoms with Crippen LogP contribution in [0.4, 0.5) is 11.4 Å². The minimum absolute atomic E-state index is 0.246. The van der Waals surface area contributed by atoms with Crippen molar-refractivity contribution in [3.63, 3.8) is 0 Å². The normalized spacial score (nSPS) is 11.3. The second-order valence-corrected chi connectivity index (χ2v) is 7.81. The monoisotopic (exact) mass is 354 g/mol. The summed E-state index contributed by atoms with van der Waals surface area (Å²) in [5, 5.41) is 5.01. The van der Waals surface area contributed by atoms with Gasteiger partial charge < -0.3 is 5.32 Å². The number of nitrogens with zero attached hydrogens (tertiary/aromatic N) is 1. The van der Waals surface area contributed by atoms with Crippen molar-refractivity contribution in [1.82, 2.24) is 0 Å². The molecule has 3 rings (SSSR count). The maximum absolute atomic E-state index is 12.4. The van der Waals surface area contributed by atoms with E-state index in [1.807, 2.05) is 42.5 Å². The molecule has 1 amide bonds. The zero-order valence-corrected chi connectivity index (χ0v) is 14.7. The number of hydrogen-bond donors (Lipinski definition) is 1. The molecule has 6 heteroatoms. The van der Waals surface area contributed by atoms with Crippen molar-refractivity contribution in [2.45, 2.75) is 0 Å². The third-order valence-electron chi connectivity index (χ3n) is 4.00. The molecule has 0 unspecified atom stereocenters. The summed E-state index contributed by atoms with van der Waals surface area (Å²) in [5.74, 6) is -0.246. The summed E-state index contributed by atoms with van der Waals surface area (Å²) in [5.41, 5.74) is 1.67. The van der Waals surface area contributed by atoms with Crippen molar-refractivity contribution in [2.75, 3.05) is 22.9 Å². The number of anilines is 2. The molecule has 3 aromatic rings. The Balaban J connectivity index is 1.78. The van der Waals surface area contributed by atoms with Crippen LogP contribution in [0.25, 0.3) is 10.8 Å². The molecule has 1 N–H and O–H groups in total. The Morgan fingerprint density at radius 2 is 1.56 bits per heavy atom. The molecule has 3 aromatic carbocycles. The van der Waals surface area contributed by atoms with E-state index in [0.717, 1.165) is 21.3 Å². The number of amides is 1. The second-order valence-electron chi connectivity index (χ2n) is 5.79. The Hall–Kier alpha value is -2.86. The molecule has 0 heterocycles. The first-order valence-electron chi connectivity index (χ1n) is 7.69. The van der Waals surface area contributed by atoms with Gasteiger partial charge in [-0.2, -0.15) is 0 Å². The van der Waals surface area contributed by atoms with Gasteiger partial charge in [-0.05, 0) is 47.2 Å². The van der Waals surface area contributed by atoms with E-state index in [9.17, 15) is 13.2 Å². The Morgan fingerprint density at radius 1 is 0.920 bits per heavy atom. The third-order valence-corrected chi connectivity index (χ3v) is 5.20. The largest absolute Gasteiger partial charge is 0.322 e. The number of rotatable bonds is 4. The number of carbonyl (C=O) groups is 1. The van der Waals surface area contributed by atoms with Crippen LogP contribution in [0.5, 0.6) is 0 Å². The summed E-state index contributed by atoms with van der Waals surface area (Å²) in [6.07, 6.45) is 1.13. The average Bonchev–Trinajstić information content (AvgIpc) is 2.60. The molecule has 0 radical (unpaired) electrons. The van der Waals surface area contributed by atoms with Crippen LogP contribution in [-0.4, -0.2) is 27.6 Å². The Bertz CT molecular complexity index is 1030. The third kappa shape index (κ3) is 3.80. The van der Waals surface area contributed by atoms with Crippen LogP contribution in [0.15, 0.2) is 66.7 Å². The van der Waals surface area contributed by atoms with E-state index in [-0.39, 0.29) is 5.91 Å². The number of nitrogens with one attached hydrogen (secondary N) is 1. The van der Waals surface area contributed by atoms with Gasteiger partial charge >= 0.3 is 0 Å². The van der Waals surface area contributed by atoms with Gasteiger partial charge in [0.05, 0.1) is 11.9 Å². The van der Waals surface area contributed by atoms with Gasteiger partial charge in [0, 0.05) is 18.3 Å². The molecular weight excluding hydrogens is 336 g/mol. The Labute approximate surface area is 146 Å². The fraction of sp³-hybridized carbons (Fsp3) is 0.105. The highest BCUT2D eigenvalue weighted by molar-refractivity contribution is 7.92. The molecule has 0 atom stereocenters. The minimum atomic E-state index is -3.33. The summed E-state index contributed by atoms with van der Waals surface area (Å²) in [6.45, 7) is 0. The van der Waals surface area contributed by atoms with Crippen LogP contribution in [0, 0.1) is 0 Å². The van der Waals surface area contributed by atoms with E-state index < -0.39 is 10.0 Å². The van der Waals surface area contributed by atoms with Crippen molar-refractivity contribution in [1.29, 1.82) is 0 Å². The maximum atomic E-state index is 12.4. The molecule has 5 nitrogen and oxygen atoms in total. The standard InChI is InChI=1S/C19H18N2O3S/c1-21(25(2,23)24)18-11-8-15(9-12-18)19(22)20-17-10-7-14-5-3-4-6-16(14)13-17/h3-13H,1-2H3,(H,20,22). The molecule has 25 heavy (non-hydrogen) atoms. The molecule has 0 spiro atoms. The highest BCUT2D eigenvalue weighted by Crippen LogP contribution is 2.20. The van der Waals surface area contributed by atoms with Crippen LogP contribution < -0.4 is 9.62 Å². The summed E-state index contributed by atoms with van der Waals surface area (Å²) < 4.78 is 24.3. The lowest BCUT2D eigenvalue weighted by Gasteiger charge is -2.16. The lowest BCUT2D eigenvalue weighted by Crippen LogP contribution is -2.24. The number of carbonyl (C=O) groups excluding carboxylic acids is 1. The highest BCUT2D eigenvalue weighted by atomic mass is 32.2. The predicted octanol–water partition coefficient (Wildman–Crippen LogP) is 3.49. The van der Waals surface area contributed by atoms with Gasteiger partial charge in [-0.3, -0.25) is 9.10 Å². The first kappa shape index (κ1) is 17.0. The molecule has 0 bridgehead atoms. The fourth-order valence-electron chi connectivity index (χ4n) is 2.48. The summed E-state index contributed by atoms with van der Waals surface area (Å²) >= 11 is 0. The second kappa shape index (κ2) is 6.57. The lowest BCUT2D eigenvalue weighted by molar-refractivity contribution is 0.102. The van der Waals surface area contributed by atoms with Gasteiger partial charge in [0.15, 0.2) is 0 Å². The van der Waals surface area contributed by atoms with Gasteiger partial charge in [0.1, 0.15) is 0 Å². The zero-order chi connectivity index (χ0) is 18.0. The van der Waals surface area contributed by atoms with Crippen LogP contribution in [0.3, 0.4) is 0 Å². The zero-order valence-electron chi connectivity index (χ0n) is 13.9. The van der Waals surface area contributed by atoms with Gasteiger partial charge in [0.25, 0.3) is 5.91 Å². The molecule has 0 aliphatic carbocycles. The summed E-state index contributed by atoms with van der Waals surface area (Å²) in [4.78, 5) is 12.4. The Kier molecular flexibility index (Phi) is 4.46. The minimum Gasteiger partial charge on any atom is -0.322 e. The van der Waals surface area contributed by atoms with Gasteiger partial charge in [-0.15, -0.1) is 0 Å². The number of fused-ring (bicyclic) bond motifs is 1. The molecule has 128 valence electrons. The quantitative estimate of drug-likeness (QED) is 0.780. The van der Waals surface area contributed by atoms with Gasteiger partial charge in [-0.1, -0.05) is 30.3 Å². The molecular formula is C19H18N2O3S. The van der Waals surface area contributed by atoms with Crippen molar-refractivity contribution >= 4 is 38.1 Å². The molecule has 0 aliphatic rings. The van der Waals surface area contributed by atoms with E-state index in [1.165, 1.54) is 7.05 Å². The summed E-state index contributed by atoms with van der Waals surface area (Å²) in [7, 11) is -1.85. The SMILES string of the molecule is CN(c1ccc(C(=O)Nc2ccc3ccccc3c2)cc1)S(C)(=O)=O. The maximum Gasteiger partial charge on any atom is 0.255 e. The molecule has 0 saturated carbocycles. The molecule has 0 saturated heterocycles. The lowest BCUT2D eigenvalue weighted by atomic mass is 10.1. The molecule has 0 fully saturated rings. The van der Waals surface area contributed by atoms with Crippen LogP contribution in [-0.2, 0) is 10.0 Å². The number of benzene rings is 3. The van der Waals surface area contributed by atoms with Crippen molar-refractivity contribution < 1.29 is 13.2 Å². The number of sulfonamides is 1. The Morgan fingerprint density at radius 3 is 2.20 bits per heavy atom. The average molecular weight is 354 g/mol. The van der Waals surface area contributed by atoms with E-state index in [4.69, 9.17) is 0 Å². The first-order valence-corrected chi connectivity index (χ1v) is 9.53. The van der Waals surface area contributed by atoms with Crippen molar-refractivity contribution in [2.24, 2.45) is 0 Å².